The summed E-state index contributed by atoms with van der Waals surface area (Å²) >= 11 is 0. The molecule has 27 heavy (non-hydrogen) atoms. The highest BCUT2D eigenvalue weighted by Gasteiger charge is 2.34. The van der Waals surface area contributed by atoms with Gasteiger partial charge in [-0.1, -0.05) is 41.5 Å². The molecule has 2 rings (SSSR count). The number of nitro groups is 1. The van der Waals surface area contributed by atoms with E-state index in [0.717, 1.165) is 5.69 Å². The predicted molar refractivity (Wildman–Crippen MR) is 95.1 cm³/mol. The third kappa shape index (κ3) is 5.36. The van der Waals surface area contributed by atoms with E-state index in [0.29, 0.717) is 0 Å². The van der Waals surface area contributed by atoms with E-state index in [2.05, 4.69) is 20.4 Å². The van der Waals surface area contributed by atoms with Gasteiger partial charge in [0.25, 0.3) is 0 Å². The standard InChI is InChI=1S/C8H11N3O4.C8H12N2O2/c1-8(2,3)6-5(11(14)15)4(7(12)13)9-10-6;1-8(2,3)6-4-5(7(11)12)9-10-6/h1-3H3,(H,9,10)(H,12,13);4H,1-3H3,(H,9,10)(H,11,12). The van der Waals surface area contributed by atoms with Gasteiger partial charge >= 0.3 is 17.6 Å². The first kappa shape index (κ1) is 21.8. The van der Waals surface area contributed by atoms with E-state index in [9.17, 15) is 19.7 Å². The third-order valence-corrected chi connectivity index (χ3v) is 3.48. The number of nitrogens with zero attached hydrogens (tertiary/aromatic N) is 3. The lowest BCUT2D eigenvalue weighted by Gasteiger charge is -2.14. The fourth-order valence-corrected chi connectivity index (χ4v) is 2.00. The van der Waals surface area contributed by atoms with Gasteiger partial charge in [0.15, 0.2) is 5.69 Å². The predicted octanol–water partition coefficient (Wildman–Crippen LogP) is 2.72. The molecule has 0 radical (unpaired) electrons. The quantitative estimate of drug-likeness (QED) is 0.463. The molecule has 0 aliphatic heterocycles. The molecule has 11 heteroatoms. The minimum absolute atomic E-state index is 0.0694. The summed E-state index contributed by atoms with van der Waals surface area (Å²) in [5.74, 6) is -2.41. The summed E-state index contributed by atoms with van der Waals surface area (Å²) in [6.45, 7) is 11.2. The van der Waals surface area contributed by atoms with Crippen molar-refractivity contribution in [3.05, 3.63) is 39.0 Å². The van der Waals surface area contributed by atoms with Crippen LogP contribution in [0.2, 0.25) is 0 Å². The molecule has 0 saturated carbocycles. The zero-order chi connectivity index (χ0) is 21.2. The summed E-state index contributed by atoms with van der Waals surface area (Å²) in [6, 6.07) is 1.56. The zero-order valence-electron chi connectivity index (χ0n) is 15.9. The van der Waals surface area contributed by atoms with Gasteiger partial charge in [-0.2, -0.15) is 10.2 Å². The van der Waals surface area contributed by atoms with E-state index in [1.807, 2.05) is 20.8 Å². The minimum atomic E-state index is -1.41. The van der Waals surface area contributed by atoms with Crippen LogP contribution in [0.4, 0.5) is 5.69 Å². The largest absolute Gasteiger partial charge is 0.476 e. The molecular weight excluding hydrogens is 358 g/mol. The number of carboxylic acids is 2. The Morgan fingerprint density at radius 2 is 1.56 bits per heavy atom. The molecule has 0 aliphatic carbocycles. The molecule has 2 aromatic heterocycles. The maximum atomic E-state index is 10.7. The van der Waals surface area contributed by atoms with Gasteiger partial charge in [-0.05, 0) is 6.07 Å². The molecule has 0 amide bonds. The first-order valence-corrected chi connectivity index (χ1v) is 7.92. The molecule has 0 atom stereocenters. The third-order valence-electron chi connectivity index (χ3n) is 3.48. The Morgan fingerprint density at radius 1 is 1.00 bits per heavy atom. The summed E-state index contributed by atoms with van der Waals surface area (Å²) in [5, 5.41) is 40.2. The second kappa shape index (κ2) is 7.56. The van der Waals surface area contributed by atoms with Gasteiger partial charge in [0.05, 0.1) is 4.92 Å². The topological polar surface area (TPSA) is 175 Å². The van der Waals surface area contributed by atoms with Crippen molar-refractivity contribution in [3.8, 4) is 0 Å². The molecule has 11 nitrogen and oxygen atoms in total. The fraction of sp³-hybridized carbons (Fsp3) is 0.500. The van der Waals surface area contributed by atoms with Crippen LogP contribution in [-0.2, 0) is 10.8 Å². The second-order valence-electron chi connectivity index (χ2n) is 7.83. The molecule has 0 aromatic carbocycles. The van der Waals surface area contributed by atoms with Crippen molar-refractivity contribution in [2.75, 3.05) is 0 Å². The van der Waals surface area contributed by atoms with E-state index in [4.69, 9.17) is 10.2 Å². The Kier molecular flexibility index (Phi) is 6.10. The monoisotopic (exact) mass is 381 g/mol. The molecule has 148 valence electrons. The van der Waals surface area contributed by atoms with Crippen LogP contribution >= 0.6 is 0 Å². The number of aromatic nitrogens is 4. The maximum Gasteiger partial charge on any atom is 0.363 e. The van der Waals surface area contributed by atoms with Crippen molar-refractivity contribution in [3.63, 3.8) is 0 Å². The molecule has 0 bridgehead atoms. The van der Waals surface area contributed by atoms with Gasteiger partial charge in [-0.25, -0.2) is 9.59 Å². The van der Waals surface area contributed by atoms with Crippen molar-refractivity contribution < 1.29 is 24.7 Å². The summed E-state index contributed by atoms with van der Waals surface area (Å²) < 4.78 is 0. The summed E-state index contributed by atoms with van der Waals surface area (Å²) in [5.41, 5.74) is -0.534. The highest BCUT2D eigenvalue weighted by molar-refractivity contribution is 5.90. The van der Waals surface area contributed by atoms with Gasteiger partial charge in [0, 0.05) is 16.5 Å². The van der Waals surface area contributed by atoms with Crippen molar-refractivity contribution >= 4 is 17.6 Å². The molecular formula is C16H23N5O6. The molecule has 0 aliphatic rings. The molecule has 4 N–H and O–H groups in total. The summed E-state index contributed by atoms with van der Waals surface area (Å²) in [6.07, 6.45) is 0. The van der Waals surface area contributed by atoms with Crippen molar-refractivity contribution in [1.82, 2.24) is 20.4 Å². The lowest BCUT2D eigenvalue weighted by atomic mass is 9.91. The minimum Gasteiger partial charge on any atom is -0.476 e. The number of hydrogen-bond acceptors (Lipinski definition) is 6. The van der Waals surface area contributed by atoms with E-state index in [1.165, 1.54) is 0 Å². The van der Waals surface area contributed by atoms with Gasteiger partial charge in [-0.15, -0.1) is 0 Å². The van der Waals surface area contributed by atoms with E-state index in [1.54, 1.807) is 26.8 Å². The lowest BCUT2D eigenvalue weighted by Crippen LogP contribution is -2.14. The number of aromatic carboxylic acids is 2. The average Bonchev–Trinajstić information content (AvgIpc) is 3.14. The molecule has 0 saturated heterocycles. The maximum absolute atomic E-state index is 10.7. The highest BCUT2D eigenvalue weighted by atomic mass is 16.6. The Labute approximate surface area is 155 Å². The molecule has 2 aromatic rings. The normalized spacial score (nSPS) is 11.5. The van der Waals surface area contributed by atoms with Crippen LogP contribution in [0.15, 0.2) is 6.07 Å². The van der Waals surface area contributed by atoms with Crippen LogP contribution in [0, 0.1) is 10.1 Å². The van der Waals surface area contributed by atoms with E-state index in [-0.39, 0.29) is 16.8 Å². The van der Waals surface area contributed by atoms with Gasteiger partial charge in [-0.3, -0.25) is 20.3 Å². The van der Waals surface area contributed by atoms with Gasteiger partial charge < -0.3 is 10.2 Å². The summed E-state index contributed by atoms with van der Waals surface area (Å²) in [4.78, 5) is 31.1. The van der Waals surface area contributed by atoms with Crippen molar-refractivity contribution in [2.45, 2.75) is 52.4 Å². The molecule has 0 unspecified atom stereocenters. The second-order valence-corrected chi connectivity index (χ2v) is 7.83. The Hall–Kier alpha value is -3.24. The lowest BCUT2D eigenvalue weighted by molar-refractivity contribution is -0.386. The highest BCUT2D eigenvalue weighted by Crippen LogP contribution is 2.31. The van der Waals surface area contributed by atoms with Crippen LogP contribution in [0.1, 0.15) is 73.9 Å². The molecule has 2 heterocycles. The first-order chi connectivity index (χ1) is 12.2. The summed E-state index contributed by atoms with van der Waals surface area (Å²) in [7, 11) is 0. The number of nitrogens with one attached hydrogen (secondary N) is 2. The SMILES string of the molecule is CC(C)(C)c1[nH]nc(C(=O)O)c1[N+](=O)[O-].CC(C)(C)c1cc(C(=O)O)n[nH]1. The smallest absolute Gasteiger partial charge is 0.363 e. The Morgan fingerprint density at radius 3 is 1.85 bits per heavy atom. The Balaban J connectivity index is 0.000000277. The van der Waals surface area contributed by atoms with E-state index < -0.39 is 33.7 Å². The van der Waals surface area contributed by atoms with Crippen molar-refractivity contribution in [2.24, 2.45) is 0 Å². The fourth-order valence-electron chi connectivity index (χ4n) is 2.00. The van der Waals surface area contributed by atoms with Crippen LogP contribution in [0.25, 0.3) is 0 Å². The van der Waals surface area contributed by atoms with E-state index >= 15 is 0 Å². The molecule has 0 fully saturated rings. The number of rotatable bonds is 3. The number of H-pyrrole nitrogens is 2. The average molecular weight is 381 g/mol. The number of carboxylic acid groups (broad SMARTS) is 2. The number of hydrogen-bond donors (Lipinski definition) is 4. The first-order valence-electron chi connectivity index (χ1n) is 7.92. The van der Waals surface area contributed by atoms with Crippen molar-refractivity contribution in [1.29, 1.82) is 0 Å². The van der Waals surface area contributed by atoms with Gasteiger partial charge in [0.2, 0.25) is 5.69 Å². The van der Waals surface area contributed by atoms with Crippen LogP contribution in [0.3, 0.4) is 0 Å². The molecule has 0 spiro atoms. The van der Waals surface area contributed by atoms with Crippen LogP contribution in [0.5, 0.6) is 0 Å². The number of carbonyl (C=O) groups is 2. The number of aromatic amines is 2. The van der Waals surface area contributed by atoms with Gasteiger partial charge in [0.1, 0.15) is 5.69 Å². The van der Waals surface area contributed by atoms with Crippen LogP contribution < -0.4 is 0 Å². The van der Waals surface area contributed by atoms with Crippen LogP contribution in [-0.4, -0.2) is 47.5 Å². The Bertz CT molecular complexity index is 854. The zero-order valence-corrected chi connectivity index (χ0v) is 15.9.